The lowest BCUT2D eigenvalue weighted by Gasteiger charge is -2.07. The maximum Gasteiger partial charge on any atom is 0.320 e. The molecule has 13 heavy (non-hydrogen) atoms. The fraction of sp³-hybridized carbons (Fsp3) is 0.833. The minimum absolute atomic E-state index is 0.133. The van der Waals surface area contributed by atoms with Gasteiger partial charge in [-0.2, -0.15) is 0 Å². The minimum atomic E-state index is -3.43. The van der Waals surface area contributed by atoms with Crippen molar-refractivity contribution in [2.75, 3.05) is 12.3 Å². The number of nitrogens with one attached hydrogen (secondary N) is 1. The van der Waals surface area contributed by atoms with Crippen molar-refractivity contribution in [2.24, 2.45) is 5.14 Å². The Labute approximate surface area is 77.2 Å². The Morgan fingerprint density at radius 3 is 2.54 bits per heavy atom. The van der Waals surface area contributed by atoms with Gasteiger partial charge in [0.15, 0.2) is 0 Å². The highest BCUT2D eigenvalue weighted by molar-refractivity contribution is 7.89. The average Bonchev–Trinajstić information content (AvgIpc) is 1.95. The Balaban J connectivity index is 3.53. The normalized spacial score (nSPS) is 14.0. The molecule has 0 radical (unpaired) electrons. The number of sulfonamides is 1. The van der Waals surface area contributed by atoms with Crippen LogP contribution in [0.25, 0.3) is 0 Å². The molecule has 4 N–H and O–H groups in total. The number of carbonyl (C=O) groups is 1. The standard InChI is InChI=1S/C6H14N2O4S/c1-5(6(9)10)8-3-2-4-13(7,11)12/h5,8H,2-4H2,1H3,(H,9,10)(H2,7,11,12). The zero-order chi connectivity index (χ0) is 10.5. The molecule has 0 bridgehead atoms. The molecule has 0 saturated carbocycles. The fourth-order valence-corrected chi connectivity index (χ4v) is 1.23. The molecule has 0 aromatic carbocycles. The molecule has 0 aromatic rings. The Morgan fingerprint density at radius 2 is 2.15 bits per heavy atom. The van der Waals surface area contributed by atoms with Gasteiger partial charge < -0.3 is 10.4 Å². The quantitative estimate of drug-likeness (QED) is 0.473. The molecule has 0 aliphatic heterocycles. The summed E-state index contributed by atoms with van der Waals surface area (Å²) in [4.78, 5) is 10.3. The lowest BCUT2D eigenvalue weighted by Crippen LogP contribution is -2.35. The Morgan fingerprint density at radius 1 is 1.62 bits per heavy atom. The van der Waals surface area contributed by atoms with Gasteiger partial charge in [0.2, 0.25) is 10.0 Å². The van der Waals surface area contributed by atoms with Crippen LogP contribution in [0.1, 0.15) is 13.3 Å². The second-order valence-electron chi connectivity index (χ2n) is 2.73. The molecular formula is C6H14N2O4S. The first-order chi connectivity index (χ1) is 5.83. The van der Waals surface area contributed by atoms with Crippen molar-refractivity contribution in [3.63, 3.8) is 0 Å². The summed E-state index contributed by atoms with van der Waals surface area (Å²) in [7, 11) is -3.43. The maximum atomic E-state index is 10.4. The molecule has 0 aromatic heterocycles. The van der Waals surface area contributed by atoms with E-state index in [0.29, 0.717) is 13.0 Å². The second kappa shape index (κ2) is 5.15. The number of carboxylic acids is 1. The molecule has 0 spiro atoms. The molecular weight excluding hydrogens is 196 g/mol. The van der Waals surface area contributed by atoms with E-state index < -0.39 is 22.0 Å². The SMILES string of the molecule is CC(NCCCS(N)(=O)=O)C(=O)O. The number of rotatable bonds is 6. The van der Waals surface area contributed by atoms with E-state index in [-0.39, 0.29) is 5.75 Å². The Bertz CT molecular complexity index is 262. The monoisotopic (exact) mass is 210 g/mol. The molecule has 6 nitrogen and oxygen atoms in total. The molecule has 7 heteroatoms. The van der Waals surface area contributed by atoms with Gasteiger partial charge in [0.05, 0.1) is 5.75 Å². The summed E-state index contributed by atoms with van der Waals surface area (Å²) in [5.41, 5.74) is 0. The van der Waals surface area contributed by atoms with Crippen LogP contribution >= 0.6 is 0 Å². The van der Waals surface area contributed by atoms with Gasteiger partial charge in [0.25, 0.3) is 0 Å². The third kappa shape index (κ3) is 7.69. The minimum Gasteiger partial charge on any atom is -0.480 e. The maximum absolute atomic E-state index is 10.4. The molecule has 0 amide bonds. The first kappa shape index (κ1) is 12.3. The van der Waals surface area contributed by atoms with Gasteiger partial charge in [-0.15, -0.1) is 0 Å². The smallest absolute Gasteiger partial charge is 0.320 e. The third-order valence-corrected chi connectivity index (χ3v) is 2.28. The summed E-state index contributed by atoms with van der Waals surface area (Å²) < 4.78 is 20.9. The van der Waals surface area contributed by atoms with Crippen molar-refractivity contribution in [3.05, 3.63) is 0 Å². The molecule has 1 atom stereocenters. The molecule has 0 aliphatic carbocycles. The van der Waals surface area contributed by atoms with E-state index in [2.05, 4.69) is 5.32 Å². The van der Waals surface area contributed by atoms with Crippen LogP contribution in [0.5, 0.6) is 0 Å². The largest absolute Gasteiger partial charge is 0.480 e. The van der Waals surface area contributed by atoms with Crippen LogP contribution in [0.4, 0.5) is 0 Å². The van der Waals surface area contributed by atoms with Crippen LogP contribution in [0.3, 0.4) is 0 Å². The summed E-state index contributed by atoms with van der Waals surface area (Å²) in [5.74, 6) is -1.10. The van der Waals surface area contributed by atoms with Crippen LogP contribution < -0.4 is 10.5 Å². The highest BCUT2D eigenvalue weighted by Gasteiger charge is 2.09. The number of hydrogen-bond donors (Lipinski definition) is 3. The van der Waals surface area contributed by atoms with Gasteiger partial charge in [-0.25, -0.2) is 13.6 Å². The first-order valence-corrected chi connectivity index (χ1v) is 5.51. The number of nitrogens with two attached hydrogens (primary N) is 1. The van der Waals surface area contributed by atoms with Gasteiger partial charge in [0, 0.05) is 0 Å². The van der Waals surface area contributed by atoms with Crippen molar-refractivity contribution in [2.45, 2.75) is 19.4 Å². The van der Waals surface area contributed by atoms with Gasteiger partial charge in [-0.1, -0.05) is 0 Å². The number of hydrogen-bond acceptors (Lipinski definition) is 4. The van der Waals surface area contributed by atoms with E-state index in [1.807, 2.05) is 0 Å². The van der Waals surface area contributed by atoms with E-state index in [1.54, 1.807) is 0 Å². The van der Waals surface area contributed by atoms with Gasteiger partial charge in [0.1, 0.15) is 6.04 Å². The topological polar surface area (TPSA) is 109 Å². The number of primary sulfonamides is 1. The van der Waals surface area contributed by atoms with Crippen LogP contribution in [0.15, 0.2) is 0 Å². The zero-order valence-corrected chi connectivity index (χ0v) is 8.17. The fourth-order valence-electron chi connectivity index (χ4n) is 0.679. The van der Waals surface area contributed by atoms with E-state index >= 15 is 0 Å². The van der Waals surface area contributed by atoms with E-state index in [9.17, 15) is 13.2 Å². The summed E-state index contributed by atoms with van der Waals surface area (Å²) >= 11 is 0. The lowest BCUT2D eigenvalue weighted by molar-refractivity contribution is -0.138. The van der Waals surface area contributed by atoms with Crippen molar-refractivity contribution >= 4 is 16.0 Å². The molecule has 0 saturated heterocycles. The van der Waals surface area contributed by atoms with Crippen LogP contribution in [-0.4, -0.2) is 37.8 Å². The van der Waals surface area contributed by atoms with Crippen molar-refractivity contribution in [3.8, 4) is 0 Å². The van der Waals surface area contributed by atoms with Crippen LogP contribution in [-0.2, 0) is 14.8 Å². The molecule has 78 valence electrons. The molecule has 0 rings (SSSR count). The summed E-state index contributed by atoms with van der Waals surface area (Å²) in [6, 6.07) is -0.666. The summed E-state index contributed by atoms with van der Waals surface area (Å²) in [6.45, 7) is 1.81. The second-order valence-corrected chi connectivity index (χ2v) is 4.47. The van der Waals surface area contributed by atoms with Gasteiger partial charge in [-0.05, 0) is 19.9 Å². The highest BCUT2D eigenvalue weighted by atomic mass is 32.2. The molecule has 0 heterocycles. The van der Waals surface area contributed by atoms with E-state index in [1.165, 1.54) is 6.92 Å². The molecule has 0 fully saturated rings. The van der Waals surface area contributed by atoms with Crippen molar-refractivity contribution in [1.82, 2.24) is 5.32 Å². The zero-order valence-electron chi connectivity index (χ0n) is 7.36. The molecule has 0 aliphatic rings. The lowest BCUT2D eigenvalue weighted by atomic mass is 10.3. The number of carboxylic acid groups (broad SMARTS) is 1. The Kier molecular flexibility index (Phi) is 4.89. The average molecular weight is 210 g/mol. The van der Waals surface area contributed by atoms with E-state index in [4.69, 9.17) is 10.2 Å². The highest BCUT2D eigenvalue weighted by Crippen LogP contribution is 1.86. The Hall–Kier alpha value is -0.660. The van der Waals surface area contributed by atoms with Crippen LogP contribution in [0.2, 0.25) is 0 Å². The van der Waals surface area contributed by atoms with Crippen molar-refractivity contribution in [1.29, 1.82) is 0 Å². The van der Waals surface area contributed by atoms with Gasteiger partial charge in [-0.3, -0.25) is 4.79 Å². The van der Waals surface area contributed by atoms with Crippen LogP contribution in [0, 0.1) is 0 Å². The number of aliphatic carboxylic acids is 1. The molecule has 1 unspecified atom stereocenters. The summed E-state index contributed by atoms with van der Waals surface area (Å²) in [5, 5.41) is 15.8. The predicted octanol–water partition coefficient (Wildman–Crippen LogP) is -1.27. The van der Waals surface area contributed by atoms with E-state index in [0.717, 1.165) is 0 Å². The van der Waals surface area contributed by atoms with Crippen molar-refractivity contribution < 1.29 is 18.3 Å². The van der Waals surface area contributed by atoms with Gasteiger partial charge >= 0.3 is 5.97 Å². The summed E-state index contributed by atoms with van der Waals surface area (Å²) in [6.07, 6.45) is 0.316. The predicted molar refractivity (Wildman–Crippen MR) is 47.7 cm³/mol. The first-order valence-electron chi connectivity index (χ1n) is 3.79. The third-order valence-electron chi connectivity index (χ3n) is 1.43.